The van der Waals surface area contributed by atoms with Gasteiger partial charge in [-0.1, -0.05) is 24.3 Å². The predicted molar refractivity (Wildman–Crippen MR) is 92.5 cm³/mol. The second-order valence-electron chi connectivity index (χ2n) is 5.31. The summed E-state index contributed by atoms with van der Waals surface area (Å²) < 4.78 is 0.980. The van der Waals surface area contributed by atoms with Crippen molar-refractivity contribution in [1.82, 2.24) is 15.2 Å². The first kappa shape index (κ1) is 13.8. The van der Waals surface area contributed by atoms with E-state index in [1.807, 2.05) is 49.4 Å². The normalized spacial score (nSPS) is 11.0. The number of fused-ring (bicyclic) bond motifs is 1. The summed E-state index contributed by atoms with van der Waals surface area (Å²) >= 11 is 1.57. The first-order valence-corrected chi connectivity index (χ1v) is 8.01. The maximum absolute atomic E-state index is 9.56. The summed E-state index contributed by atoms with van der Waals surface area (Å²) in [6.45, 7) is 1.92. The fourth-order valence-electron chi connectivity index (χ4n) is 2.37. The zero-order valence-corrected chi connectivity index (χ0v) is 13.2. The number of benzene rings is 2. The number of phenols is 1. The first-order chi connectivity index (χ1) is 11.2. The van der Waals surface area contributed by atoms with Crippen LogP contribution in [0.5, 0.6) is 5.75 Å². The summed E-state index contributed by atoms with van der Waals surface area (Å²) in [6.07, 6.45) is 0. The van der Waals surface area contributed by atoms with Crippen LogP contribution in [0.15, 0.2) is 54.6 Å². The van der Waals surface area contributed by atoms with Crippen LogP contribution in [0.3, 0.4) is 0 Å². The molecule has 23 heavy (non-hydrogen) atoms. The predicted octanol–water partition coefficient (Wildman–Crippen LogP) is 4.43. The molecule has 0 bridgehead atoms. The largest absolute Gasteiger partial charge is 0.508 e. The first-order valence-electron chi connectivity index (χ1n) is 7.20. The quantitative estimate of drug-likeness (QED) is 0.593. The van der Waals surface area contributed by atoms with E-state index in [-0.39, 0.29) is 5.75 Å². The Hall–Kier alpha value is -2.79. The van der Waals surface area contributed by atoms with E-state index >= 15 is 0 Å². The lowest BCUT2D eigenvalue weighted by atomic mass is 10.1. The summed E-state index contributed by atoms with van der Waals surface area (Å²) in [4.78, 5) is 4.62. The second-order valence-corrected chi connectivity index (χ2v) is 6.34. The summed E-state index contributed by atoms with van der Waals surface area (Å²) in [5, 5.41) is 18.8. The van der Waals surface area contributed by atoms with Crippen molar-refractivity contribution in [1.29, 1.82) is 0 Å². The van der Waals surface area contributed by atoms with E-state index in [1.165, 1.54) is 0 Å². The van der Waals surface area contributed by atoms with Crippen LogP contribution in [0.1, 0.15) is 5.69 Å². The number of hydrogen-bond donors (Lipinski definition) is 1. The molecule has 1 N–H and O–H groups in total. The van der Waals surface area contributed by atoms with Gasteiger partial charge >= 0.3 is 0 Å². The van der Waals surface area contributed by atoms with E-state index in [0.29, 0.717) is 0 Å². The van der Waals surface area contributed by atoms with Crippen molar-refractivity contribution in [2.24, 2.45) is 0 Å². The van der Waals surface area contributed by atoms with Gasteiger partial charge in [0.05, 0.1) is 21.6 Å². The number of nitrogens with zero attached hydrogens (tertiary/aromatic N) is 3. The van der Waals surface area contributed by atoms with Gasteiger partial charge in [0, 0.05) is 11.1 Å². The highest BCUT2D eigenvalue weighted by Gasteiger charge is 2.08. The molecule has 2 aromatic heterocycles. The lowest BCUT2D eigenvalue weighted by molar-refractivity contribution is 0.476. The number of aromatic hydroxyl groups is 1. The molecule has 0 radical (unpaired) electrons. The molecule has 0 fully saturated rings. The average molecular weight is 319 g/mol. The van der Waals surface area contributed by atoms with E-state index in [9.17, 15) is 5.11 Å². The molecule has 0 saturated heterocycles. The van der Waals surface area contributed by atoms with Gasteiger partial charge in [0.15, 0.2) is 0 Å². The average Bonchev–Trinajstić information content (AvgIpc) is 2.99. The van der Waals surface area contributed by atoms with Crippen LogP contribution < -0.4 is 0 Å². The highest BCUT2D eigenvalue weighted by molar-refractivity contribution is 7.21. The zero-order valence-electron chi connectivity index (χ0n) is 12.4. The van der Waals surface area contributed by atoms with E-state index in [4.69, 9.17) is 0 Å². The van der Waals surface area contributed by atoms with Crippen LogP contribution in [-0.2, 0) is 0 Å². The minimum absolute atomic E-state index is 0.265. The van der Waals surface area contributed by atoms with Crippen LogP contribution in [0.4, 0.5) is 0 Å². The Morgan fingerprint density at radius 2 is 1.65 bits per heavy atom. The van der Waals surface area contributed by atoms with E-state index in [0.717, 1.165) is 37.7 Å². The molecular formula is C18H13N3OS. The van der Waals surface area contributed by atoms with Gasteiger partial charge in [-0.05, 0) is 37.3 Å². The number of hydrogen-bond acceptors (Lipinski definition) is 5. The van der Waals surface area contributed by atoms with Crippen molar-refractivity contribution in [3.8, 4) is 27.6 Å². The fourth-order valence-corrected chi connectivity index (χ4v) is 3.38. The highest BCUT2D eigenvalue weighted by atomic mass is 32.1. The minimum Gasteiger partial charge on any atom is -0.508 e. The number of rotatable bonds is 2. The standard InChI is InChI=1S/C18H13N3OS/c1-11-2-8-15(21-20-11)12-3-5-13(6-4-12)18-19-16-9-7-14(22)10-17(16)23-18/h2-10,22H,1H3. The molecule has 0 spiro atoms. The van der Waals surface area contributed by atoms with Gasteiger partial charge in [0.2, 0.25) is 0 Å². The molecule has 5 heteroatoms. The number of aromatic nitrogens is 3. The third-order valence-electron chi connectivity index (χ3n) is 3.60. The molecule has 2 aromatic carbocycles. The van der Waals surface area contributed by atoms with Gasteiger partial charge in [-0.15, -0.1) is 11.3 Å². The van der Waals surface area contributed by atoms with Crippen LogP contribution in [0.25, 0.3) is 32.0 Å². The van der Waals surface area contributed by atoms with Gasteiger partial charge in [-0.25, -0.2) is 4.98 Å². The summed E-state index contributed by atoms with van der Waals surface area (Å²) in [6, 6.07) is 17.3. The molecule has 0 aliphatic carbocycles. The lowest BCUT2D eigenvalue weighted by Crippen LogP contribution is -1.89. The Morgan fingerprint density at radius 1 is 0.870 bits per heavy atom. The van der Waals surface area contributed by atoms with Crippen LogP contribution in [0.2, 0.25) is 0 Å². The maximum atomic E-state index is 9.56. The molecule has 2 heterocycles. The van der Waals surface area contributed by atoms with Crippen molar-refractivity contribution < 1.29 is 5.11 Å². The molecule has 4 rings (SSSR count). The van der Waals surface area contributed by atoms with E-state index in [1.54, 1.807) is 23.5 Å². The molecule has 0 aliphatic heterocycles. The van der Waals surface area contributed by atoms with Crippen molar-refractivity contribution in [2.45, 2.75) is 6.92 Å². The van der Waals surface area contributed by atoms with Crippen molar-refractivity contribution >= 4 is 21.6 Å². The Bertz CT molecular complexity index is 976. The number of aryl methyl sites for hydroxylation is 1. The molecule has 4 nitrogen and oxygen atoms in total. The Morgan fingerprint density at radius 3 is 2.39 bits per heavy atom. The maximum Gasteiger partial charge on any atom is 0.124 e. The second kappa shape index (κ2) is 5.44. The third-order valence-corrected chi connectivity index (χ3v) is 4.66. The minimum atomic E-state index is 0.265. The van der Waals surface area contributed by atoms with Crippen molar-refractivity contribution in [2.75, 3.05) is 0 Å². The van der Waals surface area contributed by atoms with Crippen molar-refractivity contribution in [3.05, 3.63) is 60.3 Å². The summed E-state index contributed by atoms with van der Waals surface area (Å²) in [5.74, 6) is 0.265. The molecule has 0 aliphatic rings. The van der Waals surface area contributed by atoms with Gasteiger partial charge < -0.3 is 5.11 Å². The topological polar surface area (TPSA) is 58.9 Å². The SMILES string of the molecule is Cc1ccc(-c2ccc(-c3nc4ccc(O)cc4s3)cc2)nn1. The molecule has 0 amide bonds. The molecule has 4 aromatic rings. The lowest BCUT2D eigenvalue weighted by Gasteiger charge is -2.01. The smallest absolute Gasteiger partial charge is 0.124 e. The monoisotopic (exact) mass is 319 g/mol. The molecular weight excluding hydrogens is 306 g/mol. The Balaban J connectivity index is 1.70. The van der Waals surface area contributed by atoms with Gasteiger partial charge in [-0.3, -0.25) is 0 Å². The number of phenolic OH excluding ortho intramolecular Hbond substituents is 1. The van der Waals surface area contributed by atoms with Gasteiger partial charge in [0.1, 0.15) is 10.8 Å². The van der Waals surface area contributed by atoms with Gasteiger partial charge in [-0.2, -0.15) is 10.2 Å². The molecule has 0 saturated carbocycles. The Labute approximate surface area is 137 Å². The number of thiazole rings is 1. The van der Waals surface area contributed by atoms with E-state index in [2.05, 4.69) is 15.2 Å². The molecule has 0 atom stereocenters. The Kier molecular flexibility index (Phi) is 3.28. The molecule has 0 unspecified atom stereocenters. The third kappa shape index (κ3) is 2.66. The fraction of sp³-hybridized carbons (Fsp3) is 0.0556. The summed E-state index contributed by atoms with van der Waals surface area (Å²) in [7, 11) is 0. The highest BCUT2D eigenvalue weighted by Crippen LogP contribution is 2.32. The summed E-state index contributed by atoms with van der Waals surface area (Å²) in [5.41, 5.74) is 4.74. The van der Waals surface area contributed by atoms with Crippen LogP contribution in [-0.4, -0.2) is 20.3 Å². The van der Waals surface area contributed by atoms with E-state index < -0.39 is 0 Å². The zero-order chi connectivity index (χ0) is 15.8. The van der Waals surface area contributed by atoms with Crippen molar-refractivity contribution in [3.63, 3.8) is 0 Å². The van der Waals surface area contributed by atoms with Crippen LogP contribution in [0, 0.1) is 6.92 Å². The van der Waals surface area contributed by atoms with Crippen LogP contribution >= 0.6 is 11.3 Å². The van der Waals surface area contributed by atoms with Gasteiger partial charge in [0.25, 0.3) is 0 Å². The molecule has 112 valence electrons.